The summed E-state index contributed by atoms with van der Waals surface area (Å²) in [6.45, 7) is 13.3. The van der Waals surface area contributed by atoms with Crippen LogP contribution < -0.4 is 21.1 Å². The number of benzene rings is 2. The van der Waals surface area contributed by atoms with Gasteiger partial charge in [-0.3, -0.25) is 0 Å². The molecule has 0 fully saturated rings. The third kappa shape index (κ3) is 7.76. The van der Waals surface area contributed by atoms with Gasteiger partial charge in [-0.2, -0.15) is 0 Å². The van der Waals surface area contributed by atoms with Crippen molar-refractivity contribution in [2.75, 3.05) is 25.0 Å². The van der Waals surface area contributed by atoms with Gasteiger partial charge in [0.1, 0.15) is 23.2 Å². The molecule has 3 rings (SSSR count). The normalized spacial score (nSPS) is 17.5. The number of aliphatic hydroxyl groups is 1. The molecule has 2 aromatic rings. The molecule has 8 heteroatoms. The van der Waals surface area contributed by atoms with Crippen molar-refractivity contribution in [2.45, 2.75) is 59.1 Å². The summed E-state index contributed by atoms with van der Waals surface area (Å²) in [5.74, 6) is -1.07. The van der Waals surface area contributed by atoms with Crippen LogP contribution in [0.25, 0.3) is 0 Å². The molecule has 6 nitrogen and oxygen atoms in total. The van der Waals surface area contributed by atoms with E-state index in [-0.39, 0.29) is 35.9 Å². The van der Waals surface area contributed by atoms with E-state index >= 15 is 0 Å². The number of nitrogens with zero attached hydrogens (tertiary/aromatic N) is 1. The molecule has 1 aliphatic rings. The molecule has 0 aliphatic carbocycles. The lowest BCUT2D eigenvalue weighted by Gasteiger charge is -2.30. The van der Waals surface area contributed by atoms with Gasteiger partial charge in [-0.25, -0.2) is 13.8 Å². The smallest absolute Gasteiger partial charge is 0.149 e. The van der Waals surface area contributed by atoms with Crippen molar-refractivity contribution in [1.29, 1.82) is 0 Å². The Balaban J connectivity index is 1.81. The zero-order valence-electron chi connectivity index (χ0n) is 22.3. The lowest BCUT2D eigenvalue weighted by molar-refractivity contribution is 0.127. The quantitative estimate of drug-likeness (QED) is 0.247. The minimum absolute atomic E-state index is 0.0135. The van der Waals surface area contributed by atoms with Crippen LogP contribution in [0, 0.1) is 23.0 Å². The van der Waals surface area contributed by atoms with Crippen molar-refractivity contribution < 1.29 is 18.6 Å². The fourth-order valence-corrected chi connectivity index (χ4v) is 4.82. The summed E-state index contributed by atoms with van der Waals surface area (Å²) < 4.78 is 34.5. The molecule has 0 saturated heterocycles. The number of nitrogens with one attached hydrogen (secondary N) is 2. The van der Waals surface area contributed by atoms with Gasteiger partial charge in [0.15, 0.2) is 0 Å². The molecule has 3 unspecified atom stereocenters. The number of rotatable bonds is 11. The lowest BCUT2D eigenvalue weighted by atomic mass is 9.86. The van der Waals surface area contributed by atoms with Crippen LogP contribution in [0.1, 0.15) is 56.8 Å². The van der Waals surface area contributed by atoms with Gasteiger partial charge in [0, 0.05) is 49.3 Å². The SMILES string of the molecule is C=CN=C(N)C(Cc1cc(F)cc(F)c1NCC)C(O)CNC1CCOc2ccc(CC(C)(C)C)cc21. The Hall–Kier alpha value is -2.97. The Kier molecular flexibility index (Phi) is 9.68. The van der Waals surface area contributed by atoms with E-state index in [1.807, 2.05) is 13.0 Å². The second-order valence-corrected chi connectivity index (χ2v) is 10.8. The summed E-state index contributed by atoms with van der Waals surface area (Å²) >= 11 is 0. The Morgan fingerprint density at radius 2 is 2.05 bits per heavy atom. The van der Waals surface area contributed by atoms with Crippen LogP contribution in [0.3, 0.4) is 0 Å². The van der Waals surface area contributed by atoms with E-state index in [2.05, 4.69) is 55.1 Å². The second-order valence-electron chi connectivity index (χ2n) is 10.8. The first-order chi connectivity index (χ1) is 17.5. The molecule has 1 heterocycles. The lowest BCUT2D eigenvalue weighted by Crippen LogP contribution is -2.42. The van der Waals surface area contributed by atoms with Gasteiger partial charge < -0.3 is 26.2 Å². The van der Waals surface area contributed by atoms with Crippen LogP contribution in [-0.2, 0) is 12.8 Å². The van der Waals surface area contributed by atoms with Crippen LogP contribution in [0.15, 0.2) is 48.1 Å². The van der Waals surface area contributed by atoms with E-state index in [9.17, 15) is 13.9 Å². The van der Waals surface area contributed by atoms with Gasteiger partial charge >= 0.3 is 0 Å². The molecular formula is C29H40F2N4O2. The number of anilines is 1. The van der Waals surface area contributed by atoms with Gasteiger partial charge in [0.05, 0.1) is 18.4 Å². The molecule has 202 valence electrons. The predicted octanol–water partition coefficient (Wildman–Crippen LogP) is 5.12. The van der Waals surface area contributed by atoms with Gasteiger partial charge in [-0.15, -0.1) is 0 Å². The number of aliphatic imine (C=N–C) groups is 1. The van der Waals surface area contributed by atoms with Crippen molar-refractivity contribution >= 4 is 11.5 Å². The Morgan fingerprint density at radius 3 is 2.73 bits per heavy atom. The van der Waals surface area contributed by atoms with Crippen molar-refractivity contribution in [3.8, 4) is 5.75 Å². The molecule has 0 bridgehead atoms. The summed E-state index contributed by atoms with van der Waals surface area (Å²) in [5.41, 5.74) is 9.23. The molecule has 37 heavy (non-hydrogen) atoms. The first kappa shape index (κ1) is 28.6. The Labute approximate surface area is 219 Å². The number of hydrogen-bond acceptors (Lipinski definition) is 5. The Morgan fingerprint density at radius 1 is 1.30 bits per heavy atom. The molecule has 0 amide bonds. The van der Waals surface area contributed by atoms with E-state index in [0.717, 1.165) is 30.2 Å². The van der Waals surface area contributed by atoms with Crippen molar-refractivity contribution in [3.05, 3.63) is 71.4 Å². The number of ether oxygens (including phenoxy) is 1. The molecule has 1 aliphatic heterocycles. The zero-order chi connectivity index (χ0) is 27.2. The third-order valence-corrected chi connectivity index (χ3v) is 6.44. The predicted molar refractivity (Wildman–Crippen MR) is 146 cm³/mol. The number of amidine groups is 1. The molecule has 0 saturated carbocycles. The van der Waals surface area contributed by atoms with Gasteiger partial charge in [0.2, 0.25) is 0 Å². The highest BCUT2D eigenvalue weighted by Crippen LogP contribution is 2.34. The maximum atomic E-state index is 14.5. The first-order valence-corrected chi connectivity index (χ1v) is 12.8. The number of aliphatic hydroxyl groups excluding tert-OH is 1. The fraction of sp³-hybridized carbons (Fsp3) is 0.483. The summed E-state index contributed by atoms with van der Waals surface area (Å²) in [5, 5.41) is 17.6. The summed E-state index contributed by atoms with van der Waals surface area (Å²) in [6, 6.07) is 8.38. The first-order valence-electron chi connectivity index (χ1n) is 12.8. The van der Waals surface area contributed by atoms with Crippen molar-refractivity contribution in [3.63, 3.8) is 0 Å². The van der Waals surface area contributed by atoms with Crippen molar-refractivity contribution in [1.82, 2.24) is 5.32 Å². The van der Waals surface area contributed by atoms with Gasteiger partial charge in [-0.1, -0.05) is 39.5 Å². The highest BCUT2D eigenvalue weighted by molar-refractivity contribution is 5.84. The standard InChI is InChI=1S/C29H40F2N4O2/c1-6-33-27-19(13-20(30)15-23(27)31)14-22(28(32)34-7-2)25(36)17-35-24-10-11-37-26-9-8-18(12-21(24)26)16-29(3,4)5/h7-9,12-13,15,22,24-25,33,35-36H,2,6,10-11,14,16-17H2,1,3-5H3,(H2,32,34). The van der Waals surface area contributed by atoms with Crippen LogP contribution >= 0.6 is 0 Å². The number of nitrogens with two attached hydrogens (primary N) is 1. The highest BCUT2D eigenvalue weighted by Gasteiger charge is 2.28. The maximum absolute atomic E-state index is 14.5. The monoisotopic (exact) mass is 514 g/mol. The molecule has 0 aromatic heterocycles. The van der Waals surface area contributed by atoms with E-state index in [1.54, 1.807) is 0 Å². The largest absolute Gasteiger partial charge is 0.493 e. The molecule has 0 spiro atoms. The van der Waals surface area contributed by atoms with Gasteiger partial charge in [-0.05, 0) is 48.4 Å². The number of hydrogen-bond donors (Lipinski definition) is 4. The minimum atomic E-state index is -0.964. The molecule has 3 atom stereocenters. The van der Waals surface area contributed by atoms with Crippen LogP contribution in [0.5, 0.6) is 5.75 Å². The van der Waals surface area contributed by atoms with Crippen LogP contribution in [-0.4, -0.2) is 36.7 Å². The topological polar surface area (TPSA) is 91.9 Å². The van der Waals surface area contributed by atoms with E-state index < -0.39 is 23.7 Å². The molecular weight excluding hydrogens is 474 g/mol. The highest BCUT2D eigenvalue weighted by atomic mass is 19.1. The average molecular weight is 515 g/mol. The average Bonchev–Trinajstić information content (AvgIpc) is 2.82. The zero-order valence-corrected chi connectivity index (χ0v) is 22.3. The fourth-order valence-electron chi connectivity index (χ4n) is 4.82. The third-order valence-electron chi connectivity index (χ3n) is 6.44. The van der Waals surface area contributed by atoms with Crippen LogP contribution in [0.2, 0.25) is 0 Å². The molecule has 2 aromatic carbocycles. The molecule has 0 radical (unpaired) electrons. The number of halogens is 2. The van der Waals surface area contributed by atoms with E-state index in [0.29, 0.717) is 18.7 Å². The van der Waals surface area contributed by atoms with Crippen LogP contribution in [0.4, 0.5) is 14.5 Å². The summed E-state index contributed by atoms with van der Waals surface area (Å²) in [4.78, 5) is 4.08. The van der Waals surface area contributed by atoms with E-state index in [4.69, 9.17) is 10.5 Å². The Bertz CT molecular complexity index is 1110. The summed E-state index contributed by atoms with van der Waals surface area (Å²) in [7, 11) is 0. The summed E-state index contributed by atoms with van der Waals surface area (Å²) in [6.07, 6.45) is 2.12. The second kappa shape index (κ2) is 12.5. The number of fused-ring (bicyclic) bond motifs is 1. The van der Waals surface area contributed by atoms with Gasteiger partial charge in [0.25, 0.3) is 0 Å². The van der Waals surface area contributed by atoms with Crippen molar-refractivity contribution in [2.24, 2.45) is 22.1 Å². The molecule has 5 N–H and O–H groups in total. The van der Waals surface area contributed by atoms with E-state index in [1.165, 1.54) is 17.8 Å². The maximum Gasteiger partial charge on any atom is 0.149 e. The minimum Gasteiger partial charge on any atom is -0.493 e.